The van der Waals surface area contributed by atoms with E-state index in [-0.39, 0.29) is 23.3 Å². The van der Waals surface area contributed by atoms with Gasteiger partial charge in [0.1, 0.15) is 0 Å². The maximum absolute atomic E-state index is 12.9. The van der Waals surface area contributed by atoms with E-state index < -0.39 is 18.0 Å². The average Bonchev–Trinajstić information content (AvgIpc) is 2.80. The van der Waals surface area contributed by atoms with Gasteiger partial charge < -0.3 is 14.8 Å². The molecule has 0 fully saturated rings. The van der Waals surface area contributed by atoms with E-state index in [1.807, 2.05) is 27.7 Å². The number of ether oxygens (including phenoxy) is 2. The van der Waals surface area contributed by atoms with Gasteiger partial charge in [0.15, 0.2) is 17.3 Å². The van der Waals surface area contributed by atoms with Gasteiger partial charge in [-0.3, -0.25) is 4.79 Å². The van der Waals surface area contributed by atoms with E-state index in [1.54, 1.807) is 61.5 Å². The molecule has 1 atom stereocenters. The molecule has 3 rings (SSSR count). The van der Waals surface area contributed by atoms with Crippen molar-refractivity contribution in [2.24, 2.45) is 0 Å². The predicted molar refractivity (Wildman–Crippen MR) is 131 cm³/mol. The van der Waals surface area contributed by atoms with Crippen molar-refractivity contribution in [3.8, 4) is 11.5 Å². The quantitative estimate of drug-likeness (QED) is 0.279. The second kappa shape index (κ2) is 10.9. The summed E-state index contributed by atoms with van der Waals surface area (Å²) >= 11 is 0. The van der Waals surface area contributed by atoms with Crippen LogP contribution in [-0.2, 0) is 0 Å². The van der Waals surface area contributed by atoms with E-state index in [4.69, 9.17) is 9.47 Å². The van der Waals surface area contributed by atoms with Gasteiger partial charge in [-0.05, 0) is 63.2 Å². The number of ketones is 1. The van der Waals surface area contributed by atoms with Crippen LogP contribution in [0.3, 0.4) is 0 Å². The highest BCUT2D eigenvalue weighted by atomic mass is 16.6. The maximum atomic E-state index is 12.9. The van der Waals surface area contributed by atoms with Crippen LogP contribution < -0.4 is 14.8 Å². The van der Waals surface area contributed by atoms with Crippen LogP contribution in [0.25, 0.3) is 0 Å². The van der Waals surface area contributed by atoms with Crippen LogP contribution in [0.15, 0.2) is 66.7 Å². The monoisotopic (exact) mass is 459 g/mol. The molecule has 0 saturated carbocycles. The molecule has 0 saturated heterocycles. The minimum atomic E-state index is -0.620. The number of nitrogens with one attached hydrogen (secondary N) is 1. The van der Waals surface area contributed by atoms with Crippen molar-refractivity contribution in [3.05, 3.63) is 94.5 Å². The molecule has 0 bridgehead atoms. The molecule has 0 aliphatic heterocycles. The second-order valence-corrected chi connectivity index (χ2v) is 8.58. The zero-order valence-corrected chi connectivity index (χ0v) is 20.0. The van der Waals surface area contributed by atoms with Crippen molar-refractivity contribution in [1.29, 1.82) is 0 Å². The summed E-state index contributed by atoms with van der Waals surface area (Å²) in [6.45, 7) is 9.51. The number of carbonyl (C=O) groups is 3. The van der Waals surface area contributed by atoms with Crippen LogP contribution in [0.4, 0.5) is 0 Å². The molecule has 176 valence electrons. The normalized spacial score (nSPS) is 11.7. The summed E-state index contributed by atoms with van der Waals surface area (Å²) in [6, 6.07) is 18.0. The third-order valence-electron chi connectivity index (χ3n) is 5.18. The van der Waals surface area contributed by atoms with Crippen LogP contribution >= 0.6 is 0 Å². The number of esters is 2. The summed E-state index contributed by atoms with van der Waals surface area (Å²) in [5.41, 5.74) is 3.05. The molecule has 3 aromatic rings. The Labute approximate surface area is 199 Å². The molecular formula is C28H29NO5. The molecule has 1 N–H and O–H groups in total. The van der Waals surface area contributed by atoms with Gasteiger partial charge in [0.05, 0.1) is 17.2 Å². The molecular weight excluding hydrogens is 430 g/mol. The maximum Gasteiger partial charge on any atom is 0.343 e. The fraction of sp³-hybridized carbons (Fsp3) is 0.250. The number of hydrogen-bond donors (Lipinski definition) is 1. The van der Waals surface area contributed by atoms with Crippen molar-refractivity contribution in [1.82, 2.24) is 5.32 Å². The number of benzene rings is 3. The molecule has 0 radical (unpaired) electrons. The SMILES string of the molecule is Cc1ccc(C(=O)Oc2ccc(C(=O)C(C)NC(C)C)cc2OC(=O)c2ccc(C)cc2)cc1. The summed E-state index contributed by atoms with van der Waals surface area (Å²) in [7, 11) is 0. The molecule has 6 heteroatoms. The van der Waals surface area contributed by atoms with Gasteiger partial charge in [-0.2, -0.15) is 0 Å². The third kappa shape index (κ3) is 6.39. The first-order valence-electron chi connectivity index (χ1n) is 11.2. The van der Waals surface area contributed by atoms with Gasteiger partial charge >= 0.3 is 11.9 Å². The molecule has 0 heterocycles. The third-order valence-corrected chi connectivity index (χ3v) is 5.18. The topological polar surface area (TPSA) is 81.7 Å². The summed E-state index contributed by atoms with van der Waals surface area (Å²) < 4.78 is 11.1. The lowest BCUT2D eigenvalue weighted by atomic mass is 10.0. The molecule has 0 amide bonds. The predicted octanol–water partition coefficient (Wildman–Crippen LogP) is 5.31. The number of hydrogen-bond acceptors (Lipinski definition) is 6. The van der Waals surface area contributed by atoms with Crippen LogP contribution in [-0.4, -0.2) is 29.8 Å². The highest BCUT2D eigenvalue weighted by Gasteiger charge is 2.21. The van der Waals surface area contributed by atoms with Crippen molar-refractivity contribution in [2.75, 3.05) is 0 Å². The summed E-state index contributed by atoms with van der Waals surface area (Å²) in [4.78, 5) is 38.4. The lowest BCUT2D eigenvalue weighted by molar-refractivity contribution is 0.0682. The molecule has 34 heavy (non-hydrogen) atoms. The number of carbonyl (C=O) groups excluding carboxylic acids is 3. The van der Waals surface area contributed by atoms with E-state index in [0.29, 0.717) is 16.7 Å². The highest BCUT2D eigenvalue weighted by molar-refractivity contribution is 6.01. The highest BCUT2D eigenvalue weighted by Crippen LogP contribution is 2.31. The zero-order chi connectivity index (χ0) is 24.8. The fourth-order valence-electron chi connectivity index (χ4n) is 3.35. The second-order valence-electron chi connectivity index (χ2n) is 8.58. The minimum Gasteiger partial charge on any atom is -0.419 e. The Hall–Kier alpha value is -3.77. The molecule has 0 aliphatic carbocycles. The molecule has 3 aromatic carbocycles. The van der Waals surface area contributed by atoms with Crippen LogP contribution in [0.2, 0.25) is 0 Å². The Balaban J connectivity index is 1.92. The van der Waals surface area contributed by atoms with E-state index in [1.165, 1.54) is 12.1 Å². The van der Waals surface area contributed by atoms with Gasteiger partial charge in [-0.25, -0.2) is 9.59 Å². The number of Topliss-reactive ketones (excluding diaryl/α,β-unsaturated/α-hetero) is 1. The summed E-state index contributed by atoms with van der Waals surface area (Å²) in [5, 5.41) is 3.16. The zero-order valence-electron chi connectivity index (χ0n) is 20.0. The average molecular weight is 460 g/mol. The fourth-order valence-corrected chi connectivity index (χ4v) is 3.35. The smallest absolute Gasteiger partial charge is 0.343 e. The summed E-state index contributed by atoms with van der Waals surface area (Å²) in [6.07, 6.45) is 0. The molecule has 0 aliphatic rings. The molecule has 0 spiro atoms. The van der Waals surface area contributed by atoms with Gasteiger partial charge in [0.2, 0.25) is 0 Å². The van der Waals surface area contributed by atoms with Gasteiger partial charge in [0.25, 0.3) is 0 Å². The van der Waals surface area contributed by atoms with Gasteiger partial charge in [0, 0.05) is 11.6 Å². The first-order chi connectivity index (χ1) is 16.1. The Morgan fingerprint density at radius 3 is 1.56 bits per heavy atom. The number of aryl methyl sites for hydroxylation is 2. The van der Waals surface area contributed by atoms with Gasteiger partial charge in [-0.1, -0.05) is 49.2 Å². The van der Waals surface area contributed by atoms with E-state index in [2.05, 4.69) is 5.32 Å². The standard InChI is InChI=1S/C28H29NO5/c1-17(2)29-20(5)26(30)23-14-15-24(33-27(31)21-10-6-18(3)7-11-21)25(16-23)34-28(32)22-12-8-19(4)9-13-22/h6-17,20,29H,1-5H3. The Morgan fingerprint density at radius 2 is 1.09 bits per heavy atom. The molecule has 6 nitrogen and oxygen atoms in total. The Morgan fingerprint density at radius 1 is 0.647 bits per heavy atom. The first kappa shape index (κ1) is 24.9. The van der Waals surface area contributed by atoms with E-state index in [0.717, 1.165) is 11.1 Å². The number of rotatable bonds is 8. The minimum absolute atomic E-state index is 0.00589. The molecule has 0 aromatic heterocycles. The van der Waals surface area contributed by atoms with E-state index >= 15 is 0 Å². The van der Waals surface area contributed by atoms with Crippen molar-refractivity contribution in [2.45, 2.75) is 46.7 Å². The lowest BCUT2D eigenvalue weighted by Gasteiger charge is -2.17. The largest absolute Gasteiger partial charge is 0.419 e. The van der Waals surface area contributed by atoms with Crippen LogP contribution in [0.1, 0.15) is 63.0 Å². The van der Waals surface area contributed by atoms with Gasteiger partial charge in [-0.15, -0.1) is 0 Å². The van der Waals surface area contributed by atoms with Crippen molar-refractivity contribution < 1.29 is 23.9 Å². The Bertz CT molecular complexity index is 1180. The van der Waals surface area contributed by atoms with Crippen LogP contribution in [0, 0.1) is 13.8 Å². The summed E-state index contributed by atoms with van der Waals surface area (Å²) in [5.74, 6) is -1.34. The molecule has 1 unspecified atom stereocenters. The van der Waals surface area contributed by atoms with Crippen molar-refractivity contribution in [3.63, 3.8) is 0 Å². The van der Waals surface area contributed by atoms with Crippen molar-refractivity contribution >= 4 is 17.7 Å². The lowest BCUT2D eigenvalue weighted by Crippen LogP contribution is -2.38. The first-order valence-corrected chi connectivity index (χ1v) is 11.2. The Kier molecular flexibility index (Phi) is 7.97. The van der Waals surface area contributed by atoms with E-state index in [9.17, 15) is 14.4 Å². The van der Waals surface area contributed by atoms with Crippen LogP contribution in [0.5, 0.6) is 11.5 Å².